The van der Waals surface area contributed by atoms with Crippen molar-refractivity contribution in [3.8, 4) is 0 Å². The van der Waals surface area contributed by atoms with E-state index >= 15 is 0 Å². The Morgan fingerprint density at radius 2 is 1.83 bits per heavy atom. The van der Waals surface area contributed by atoms with Crippen LogP contribution in [0.15, 0.2) is 48.1 Å². The third-order valence-corrected chi connectivity index (χ3v) is 5.13. The molecule has 0 spiro atoms. The van der Waals surface area contributed by atoms with Gasteiger partial charge in [-0.15, -0.1) is 0 Å². The molecule has 0 heterocycles. The molecule has 0 aliphatic rings. The van der Waals surface area contributed by atoms with Crippen LogP contribution >= 0.6 is 12.6 Å². The van der Waals surface area contributed by atoms with E-state index in [0.717, 1.165) is 17.6 Å². The quantitative estimate of drug-likeness (QED) is 0.305. The van der Waals surface area contributed by atoms with Gasteiger partial charge in [0.25, 0.3) is 0 Å². The summed E-state index contributed by atoms with van der Waals surface area (Å²) in [5, 5.41) is 12.8. The van der Waals surface area contributed by atoms with Crippen molar-refractivity contribution in [2.24, 2.45) is 0 Å². The van der Waals surface area contributed by atoms with Crippen LogP contribution in [0.5, 0.6) is 0 Å². The van der Waals surface area contributed by atoms with Gasteiger partial charge in [0.05, 0.1) is 18.0 Å². The highest BCUT2D eigenvalue weighted by Gasteiger charge is 2.31. The summed E-state index contributed by atoms with van der Waals surface area (Å²) < 4.78 is 4.86. The zero-order valence-electron chi connectivity index (χ0n) is 17.9. The highest BCUT2D eigenvalue weighted by atomic mass is 32.1. The lowest BCUT2D eigenvalue weighted by molar-refractivity contribution is -0.144. The predicted octanol–water partition coefficient (Wildman–Crippen LogP) is 3.93. The summed E-state index contributed by atoms with van der Waals surface area (Å²) in [4.78, 5) is 23.9. The monoisotopic (exact) mass is 419 g/mol. The van der Waals surface area contributed by atoms with Gasteiger partial charge in [-0.2, -0.15) is 12.6 Å². The summed E-state index contributed by atoms with van der Waals surface area (Å²) in [6.45, 7) is 7.20. The zero-order chi connectivity index (χ0) is 22.0. The molecule has 6 heteroatoms. The highest BCUT2D eigenvalue weighted by molar-refractivity contribution is 7.81. The fraction of sp³-hybridized carbons (Fsp3) is 0.478. The summed E-state index contributed by atoms with van der Waals surface area (Å²) in [6.07, 6.45) is 5.78. The Labute approximate surface area is 179 Å². The third kappa shape index (κ3) is 8.88. The van der Waals surface area contributed by atoms with E-state index in [1.165, 1.54) is 19.6 Å². The van der Waals surface area contributed by atoms with Crippen molar-refractivity contribution in [1.29, 1.82) is 0 Å². The van der Waals surface area contributed by atoms with Gasteiger partial charge >= 0.3 is 5.97 Å². The number of methoxy groups -OCH3 is 1. The lowest BCUT2D eigenvalue weighted by Crippen LogP contribution is -2.47. The van der Waals surface area contributed by atoms with Crippen molar-refractivity contribution in [2.75, 3.05) is 7.11 Å². The summed E-state index contributed by atoms with van der Waals surface area (Å²) in [7, 11) is 1.28. The molecule has 0 aromatic heterocycles. The van der Waals surface area contributed by atoms with Gasteiger partial charge in [0, 0.05) is 6.92 Å². The molecule has 0 aliphatic heterocycles. The number of esters is 1. The van der Waals surface area contributed by atoms with Crippen molar-refractivity contribution in [3.63, 3.8) is 0 Å². The largest absolute Gasteiger partial charge is 0.467 e. The smallest absolute Gasteiger partial charge is 0.329 e. The van der Waals surface area contributed by atoms with E-state index in [2.05, 4.69) is 24.0 Å². The van der Waals surface area contributed by atoms with Crippen molar-refractivity contribution < 1.29 is 19.4 Å². The summed E-state index contributed by atoms with van der Waals surface area (Å²) in [6, 6.07) is 8.56. The van der Waals surface area contributed by atoms with Gasteiger partial charge in [0.1, 0.15) is 6.04 Å². The first-order valence-electron chi connectivity index (χ1n) is 9.71. The maximum atomic E-state index is 12.3. The number of allylic oxidation sites excluding steroid dienone is 2. The van der Waals surface area contributed by atoms with Gasteiger partial charge in [0.2, 0.25) is 5.91 Å². The van der Waals surface area contributed by atoms with E-state index in [9.17, 15) is 14.7 Å². The number of thiol groups is 1. The molecular weight excluding hydrogens is 386 g/mol. The number of hydrogen-bond acceptors (Lipinski definition) is 5. The Hall–Kier alpha value is -2.05. The predicted molar refractivity (Wildman–Crippen MR) is 121 cm³/mol. The minimum Gasteiger partial charge on any atom is -0.467 e. The summed E-state index contributed by atoms with van der Waals surface area (Å²) in [5.41, 5.74) is 1.93. The molecule has 160 valence electrons. The number of nitrogens with one attached hydrogen (secondary N) is 1. The Balaban J connectivity index is 3.19. The number of aliphatic hydroxyl groups is 1. The molecule has 0 unspecified atom stereocenters. The molecule has 0 saturated heterocycles. The molecule has 0 radical (unpaired) electrons. The van der Waals surface area contributed by atoms with E-state index in [1.54, 1.807) is 6.92 Å². The zero-order valence-corrected chi connectivity index (χ0v) is 18.8. The molecule has 1 aromatic rings. The van der Waals surface area contributed by atoms with E-state index in [-0.39, 0.29) is 5.91 Å². The van der Waals surface area contributed by atoms with E-state index < -0.39 is 22.9 Å². The van der Waals surface area contributed by atoms with Crippen molar-refractivity contribution in [2.45, 2.75) is 63.9 Å². The van der Waals surface area contributed by atoms with Crippen LogP contribution in [0.1, 0.15) is 52.5 Å². The fourth-order valence-corrected chi connectivity index (χ4v) is 3.39. The SMILES string of the molecule is COC(=O)[C@@H](NC(C)=O)[C@H](S)/C(=C\C[C@@](C)(O)CCC=C(C)C)c1ccccc1. The van der Waals surface area contributed by atoms with Crippen LogP contribution in [-0.2, 0) is 14.3 Å². The second-order valence-corrected chi connectivity index (χ2v) is 8.25. The number of ether oxygens (including phenoxy) is 1. The molecule has 5 nitrogen and oxygen atoms in total. The van der Waals surface area contributed by atoms with Crippen molar-refractivity contribution >= 4 is 30.1 Å². The van der Waals surface area contributed by atoms with Crippen LogP contribution < -0.4 is 5.32 Å². The first-order chi connectivity index (χ1) is 13.6. The van der Waals surface area contributed by atoms with Crippen LogP contribution in [0.3, 0.4) is 0 Å². The highest BCUT2D eigenvalue weighted by Crippen LogP contribution is 2.29. The number of hydrogen-bond donors (Lipinski definition) is 3. The molecule has 1 aromatic carbocycles. The lowest BCUT2D eigenvalue weighted by atomic mass is 9.90. The maximum Gasteiger partial charge on any atom is 0.329 e. The molecule has 0 bridgehead atoms. The van der Waals surface area contributed by atoms with Crippen LogP contribution in [0.25, 0.3) is 5.57 Å². The van der Waals surface area contributed by atoms with E-state index in [0.29, 0.717) is 12.8 Å². The molecule has 1 amide bonds. The van der Waals surface area contributed by atoms with Gasteiger partial charge in [-0.25, -0.2) is 4.79 Å². The molecule has 2 N–H and O–H groups in total. The van der Waals surface area contributed by atoms with Gasteiger partial charge in [0.15, 0.2) is 0 Å². The average Bonchev–Trinajstić information content (AvgIpc) is 2.65. The molecule has 29 heavy (non-hydrogen) atoms. The minimum atomic E-state index is -0.942. The topological polar surface area (TPSA) is 75.6 Å². The number of rotatable bonds is 10. The minimum absolute atomic E-state index is 0.347. The number of carbonyl (C=O) groups excluding carboxylic acids is 2. The van der Waals surface area contributed by atoms with Crippen molar-refractivity contribution in [1.82, 2.24) is 5.32 Å². The van der Waals surface area contributed by atoms with Crippen LogP contribution in [0.4, 0.5) is 0 Å². The standard InChI is InChI=1S/C23H33NO4S/c1-16(2)10-9-14-23(4,27)15-13-19(18-11-7-6-8-12-18)21(29)20(22(26)28-5)24-17(3)25/h6-8,10-13,20-21,27,29H,9,14-15H2,1-5H3,(H,24,25)/b19-13-/t20-,21+,23-/m0/s1. The van der Waals surface area contributed by atoms with Crippen molar-refractivity contribution in [3.05, 3.63) is 53.6 Å². The molecule has 0 aliphatic carbocycles. The fourth-order valence-electron chi connectivity index (χ4n) is 2.94. The average molecular weight is 420 g/mol. The van der Waals surface area contributed by atoms with Gasteiger partial charge in [-0.3, -0.25) is 4.79 Å². The molecule has 0 fully saturated rings. The Morgan fingerprint density at radius 3 is 2.34 bits per heavy atom. The van der Waals surface area contributed by atoms with Gasteiger partial charge in [-0.05, 0) is 51.2 Å². The van der Waals surface area contributed by atoms with Gasteiger partial charge < -0.3 is 15.2 Å². The summed E-state index contributed by atoms with van der Waals surface area (Å²) >= 11 is 4.65. The Bertz CT molecular complexity index is 737. The molecule has 3 atom stereocenters. The third-order valence-electron chi connectivity index (χ3n) is 4.55. The van der Waals surface area contributed by atoms with Crippen LogP contribution in [-0.4, -0.2) is 41.0 Å². The van der Waals surface area contributed by atoms with E-state index in [1.807, 2.05) is 50.3 Å². The second-order valence-electron chi connectivity index (χ2n) is 7.69. The summed E-state index contributed by atoms with van der Waals surface area (Å²) in [5.74, 6) is -0.919. The first-order valence-corrected chi connectivity index (χ1v) is 10.2. The number of benzene rings is 1. The number of amides is 1. The molecular formula is C23H33NO4S. The Morgan fingerprint density at radius 1 is 1.21 bits per heavy atom. The van der Waals surface area contributed by atoms with Crippen LogP contribution in [0, 0.1) is 0 Å². The second kappa shape index (κ2) is 11.8. The Kier molecular flexibility index (Phi) is 10.2. The van der Waals surface area contributed by atoms with Crippen LogP contribution in [0.2, 0.25) is 0 Å². The maximum absolute atomic E-state index is 12.3. The first kappa shape index (κ1) is 25.0. The molecule has 1 rings (SSSR count). The number of carbonyl (C=O) groups is 2. The van der Waals surface area contributed by atoms with Gasteiger partial charge in [-0.1, -0.05) is 48.1 Å². The normalized spacial score (nSPS) is 15.6. The van der Waals surface area contributed by atoms with E-state index in [4.69, 9.17) is 4.74 Å². The molecule has 0 saturated carbocycles. The lowest BCUT2D eigenvalue weighted by Gasteiger charge is -2.26.